The molecule has 3 aromatic rings. The predicted molar refractivity (Wildman–Crippen MR) is 163 cm³/mol. The summed E-state index contributed by atoms with van der Waals surface area (Å²) in [6, 6.07) is 17.6. The van der Waals surface area contributed by atoms with Crippen LogP contribution < -0.4 is 10.6 Å². The lowest BCUT2D eigenvalue weighted by atomic mass is 9.89. The monoisotopic (exact) mass is 600 g/mol. The van der Waals surface area contributed by atoms with Crippen LogP contribution in [0.1, 0.15) is 55.3 Å². The Morgan fingerprint density at radius 3 is 2.72 bits per heavy atom. The van der Waals surface area contributed by atoms with Crippen molar-refractivity contribution in [3.05, 3.63) is 88.2 Å². The van der Waals surface area contributed by atoms with Crippen LogP contribution in [0.3, 0.4) is 0 Å². The van der Waals surface area contributed by atoms with Gasteiger partial charge in [-0.05, 0) is 66.3 Å². The summed E-state index contributed by atoms with van der Waals surface area (Å²) < 4.78 is 19.7. The Labute approximate surface area is 254 Å². The van der Waals surface area contributed by atoms with Crippen molar-refractivity contribution in [3.8, 4) is 17.2 Å². The number of hydrogen-bond donors (Lipinski definition) is 2. The summed E-state index contributed by atoms with van der Waals surface area (Å²) >= 11 is 6.01. The molecule has 3 aromatic carbocycles. The van der Waals surface area contributed by atoms with Crippen LogP contribution in [0, 0.1) is 23.1 Å². The second-order valence-electron chi connectivity index (χ2n) is 10.7. The maximum atomic E-state index is 15.0. The first kappa shape index (κ1) is 29.8. The zero-order chi connectivity index (χ0) is 30.7. The van der Waals surface area contributed by atoms with Gasteiger partial charge in [0, 0.05) is 35.4 Å². The molecule has 2 atom stereocenters. The van der Waals surface area contributed by atoms with Crippen molar-refractivity contribution >= 4 is 46.5 Å². The lowest BCUT2D eigenvalue weighted by Gasteiger charge is -2.35. The number of fused-ring (bicyclic) bond motifs is 4. The first-order chi connectivity index (χ1) is 20.7. The van der Waals surface area contributed by atoms with Crippen molar-refractivity contribution in [2.45, 2.75) is 38.6 Å². The highest BCUT2D eigenvalue weighted by Gasteiger charge is 2.30. The molecule has 2 aliphatic heterocycles. The van der Waals surface area contributed by atoms with Gasteiger partial charge in [-0.15, -0.1) is 0 Å². The van der Waals surface area contributed by atoms with E-state index < -0.39 is 11.9 Å². The van der Waals surface area contributed by atoms with Crippen LogP contribution in [0.4, 0.5) is 20.6 Å². The molecule has 220 valence electrons. The van der Waals surface area contributed by atoms with Gasteiger partial charge in [-0.25, -0.2) is 9.18 Å². The zero-order valence-corrected chi connectivity index (χ0v) is 24.5. The van der Waals surface area contributed by atoms with Crippen LogP contribution in [0.25, 0.3) is 16.7 Å². The number of halogens is 2. The van der Waals surface area contributed by atoms with Crippen molar-refractivity contribution in [1.82, 2.24) is 4.90 Å². The van der Waals surface area contributed by atoms with E-state index in [-0.39, 0.29) is 39.9 Å². The van der Waals surface area contributed by atoms with E-state index in [9.17, 15) is 24.0 Å². The molecule has 3 amide bonds. The topological polar surface area (TPSA) is 112 Å². The predicted octanol–water partition coefficient (Wildman–Crippen LogP) is 7.31. The van der Waals surface area contributed by atoms with Gasteiger partial charge in [-0.1, -0.05) is 49.2 Å². The summed E-state index contributed by atoms with van der Waals surface area (Å²) in [5.74, 6) is -1.44. The number of methoxy groups -OCH3 is 1. The van der Waals surface area contributed by atoms with Gasteiger partial charge >= 0.3 is 6.09 Å². The molecule has 0 aromatic heterocycles. The number of ether oxygens (including phenoxy) is 1. The number of benzene rings is 3. The maximum Gasteiger partial charge on any atom is 0.411 e. The van der Waals surface area contributed by atoms with E-state index in [1.165, 1.54) is 25.3 Å². The summed E-state index contributed by atoms with van der Waals surface area (Å²) in [5, 5.41) is 15.1. The number of hydrogen-bond acceptors (Lipinski definition) is 5. The number of nitrogens with one attached hydrogen (secondary N) is 2. The normalized spacial score (nSPS) is 18.7. The quantitative estimate of drug-likeness (QED) is 0.327. The molecular weight excluding hydrogens is 571 g/mol. The van der Waals surface area contributed by atoms with E-state index in [0.717, 1.165) is 16.7 Å². The van der Waals surface area contributed by atoms with Crippen LogP contribution in [-0.2, 0) is 14.3 Å². The molecule has 5 rings (SSSR count). The van der Waals surface area contributed by atoms with Gasteiger partial charge in [0.2, 0.25) is 11.8 Å². The third-order valence-corrected chi connectivity index (χ3v) is 8.26. The Morgan fingerprint density at radius 2 is 1.98 bits per heavy atom. The van der Waals surface area contributed by atoms with Gasteiger partial charge in [0.25, 0.3) is 0 Å². The van der Waals surface area contributed by atoms with Crippen molar-refractivity contribution in [1.29, 1.82) is 5.26 Å². The second kappa shape index (κ2) is 12.7. The van der Waals surface area contributed by atoms with Crippen molar-refractivity contribution in [2.24, 2.45) is 5.92 Å². The van der Waals surface area contributed by atoms with Gasteiger partial charge in [0.1, 0.15) is 0 Å². The number of amides is 3. The first-order valence-corrected chi connectivity index (χ1v) is 14.4. The molecule has 10 heteroatoms. The third kappa shape index (κ3) is 6.25. The maximum absolute atomic E-state index is 15.0. The summed E-state index contributed by atoms with van der Waals surface area (Å²) in [6.45, 7) is 2.19. The van der Waals surface area contributed by atoms with Crippen LogP contribution in [0.2, 0.25) is 5.02 Å². The van der Waals surface area contributed by atoms with Crippen LogP contribution >= 0.6 is 11.6 Å². The summed E-state index contributed by atoms with van der Waals surface area (Å²) in [5.41, 5.74) is 4.16. The standard InChI is InChI=1S/C33H30ClFN4O4/c1-19-5-3-8-28(39-14-13-22(16-29(39)40)30-23(18-36)9-12-26(34)31(30)35)21-7-4-6-20(15-21)25-11-10-24(37-33(42)43-2)17-27(25)38-32(19)41/h4,6-7,9-12,15-17,19,28H,3,5,8,13-14H2,1-2H3,(H,37,42)(H,38,41)/t19-,28+/m1/s1. The minimum Gasteiger partial charge on any atom is -0.453 e. The number of nitrogens with zero attached hydrogens (tertiary/aromatic N) is 2. The smallest absolute Gasteiger partial charge is 0.411 e. The molecule has 0 unspecified atom stereocenters. The molecule has 0 aliphatic carbocycles. The van der Waals surface area contributed by atoms with E-state index >= 15 is 0 Å². The number of carbonyl (C=O) groups is 3. The van der Waals surface area contributed by atoms with Crippen molar-refractivity contribution in [3.63, 3.8) is 0 Å². The van der Waals surface area contributed by atoms with Crippen LogP contribution in [-0.4, -0.2) is 36.5 Å². The molecule has 2 heterocycles. The highest BCUT2D eigenvalue weighted by atomic mass is 35.5. The molecule has 0 saturated heterocycles. The minimum absolute atomic E-state index is 0.0705. The Bertz CT molecular complexity index is 1680. The lowest BCUT2D eigenvalue weighted by molar-refractivity contribution is -0.129. The molecule has 8 nitrogen and oxygen atoms in total. The number of rotatable bonds is 3. The van der Waals surface area contributed by atoms with Gasteiger partial charge in [0.15, 0.2) is 5.82 Å². The number of carbonyl (C=O) groups excluding carboxylic acids is 3. The fourth-order valence-corrected chi connectivity index (χ4v) is 5.84. The fraction of sp³-hybridized carbons (Fsp3) is 0.273. The van der Waals surface area contributed by atoms with Gasteiger partial charge in [-0.3, -0.25) is 14.9 Å². The van der Waals surface area contributed by atoms with Crippen molar-refractivity contribution in [2.75, 3.05) is 24.3 Å². The largest absolute Gasteiger partial charge is 0.453 e. The summed E-state index contributed by atoms with van der Waals surface area (Å²) in [6.07, 6.45) is 3.04. The van der Waals surface area contributed by atoms with Gasteiger partial charge in [-0.2, -0.15) is 5.26 Å². The van der Waals surface area contributed by atoms with E-state index in [0.29, 0.717) is 49.2 Å². The second-order valence-corrected chi connectivity index (χ2v) is 11.1. The summed E-state index contributed by atoms with van der Waals surface area (Å²) in [7, 11) is 1.28. The molecule has 2 bridgehead atoms. The Kier molecular flexibility index (Phi) is 8.78. The minimum atomic E-state index is -0.706. The molecule has 0 spiro atoms. The van der Waals surface area contributed by atoms with E-state index in [1.54, 1.807) is 17.0 Å². The van der Waals surface area contributed by atoms with Crippen LogP contribution in [0.5, 0.6) is 0 Å². The molecule has 0 radical (unpaired) electrons. The molecule has 2 N–H and O–H groups in total. The highest BCUT2D eigenvalue weighted by molar-refractivity contribution is 6.31. The average Bonchev–Trinajstić information content (AvgIpc) is 3.00. The molecule has 2 aliphatic rings. The average molecular weight is 601 g/mol. The van der Waals surface area contributed by atoms with Gasteiger partial charge in [0.05, 0.1) is 35.5 Å². The SMILES string of the molecule is COC(=O)Nc1ccc2c(c1)NC(=O)[C@H](C)CCC[C@H](N1CCC(c3c(C#N)ccc(Cl)c3F)=CC1=O)c1cccc-2c1. The fourth-order valence-electron chi connectivity index (χ4n) is 5.69. The van der Waals surface area contributed by atoms with E-state index in [4.69, 9.17) is 16.3 Å². The molecule has 43 heavy (non-hydrogen) atoms. The molecule has 0 fully saturated rings. The van der Waals surface area contributed by atoms with E-state index in [1.807, 2.05) is 43.3 Å². The molecule has 0 saturated carbocycles. The third-order valence-electron chi connectivity index (χ3n) is 7.97. The number of anilines is 2. The number of nitriles is 1. The highest BCUT2D eigenvalue weighted by Crippen LogP contribution is 2.38. The first-order valence-electron chi connectivity index (χ1n) is 14.0. The lowest BCUT2D eigenvalue weighted by Crippen LogP contribution is -2.37. The Hall–Kier alpha value is -4.68. The summed E-state index contributed by atoms with van der Waals surface area (Å²) in [4.78, 5) is 40.3. The Morgan fingerprint density at radius 1 is 1.16 bits per heavy atom. The molecular formula is C33H30ClFN4O4. The Balaban J connectivity index is 1.53. The van der Waals surface area contributed by atoms with Crippen molar-refractivity contribution < 1.29 is 23.5 Å². The van der Waals surface area contributed by atoms with Crippen LogP contribution in [0.15, 0.2) is 60.7 Å². The van der Waals surface area contributed by atoms with E-state index in [2.05, 4.69) is 10.6 Å². The zero-order valence-electron chi connectivity index (χ0n) is 23.7. The van der Waals surface area contributed by atoms with Gasteiger partial charge < -0.3 is 15.0 Å².